The Hall–Kier alpha value is -1.48. The highest BCUT2D eigenvalue weighted by Gasteiger charge is 2.36. The SMILES string of the molecule is CCN(C(=O)C(C)OC(=O)Cc1csc(C)n1)C1CCS(=O)(=O)C1. The maximum absolute atomic E-state index is 12.5. The normalized spacial score (nSPS) is 20.5. The van der Waals surface area contributed by atoms with Crippen LogP contribution in [-0.4, -0.2) is 60.4 Å². The minimum absolute atomic E-state index is 0.0197. The number of likely N-dealkylation sites (N-methyl/N-ethyl adjacent to an activating group) is 1. The largest absolute Gasteiger partial charge is 0.452 e. The molecule has 0 bridgehead atoms. The van der Waals surface area contributed by atoms with Crippen LogP contribution in [0.1, 0.15) is 31.0 Å². The van der Waals surface area contributed by atoms with Crippen molar-refractivity contribution in [2.45, 2.75) is 45.8 Å². The van der Waals surface area contributed by atoms with E-state index in [0.29, 0.717) is 18.7 Å². The number of carbonyl (C=O) groups is 2. The van der Waals surface area contributed by atoms with Gasteiger partial charge in [0, 0.05) is 18.0 Å². The molecule has 0 N–H and O–H groups in total. The molecule has 2 heterocycles. The highest BCUT2D eigenvalue weighted by Crippen LogP contribution is 2.19. The Bertz CT molecular complexity index is 713. The van der Waals surface area contributed by atoms with Crippen LogP contribution >= 0.6 is 11.3 Å². The van der Waals surface area contributed by atoms with Crippen molar-refractivity contribution in [3.8, 4) is 0 Å². The van der Waals surface area contributed by atoms with Gasteiger partial charge in [0.05, 0.1) is 28.6 Å². The van der Waals surface area contributed by atoms with E-state index in [2.05, 4.69) is 4.98 Å². The molecular formula is C15H22N2O5S2. The molecule has 0 aliphatic carbocycles. The van der Waals surface area contributed by atoms with E-state index >= 15 is 0 Å². The zero-order valence-electron chi connectivity index (χ0n) is 14.0. The number of carbonyl (C=O) groups excluding carboxylic acids is 2. The monoisotopic (exact) mass is 374 g/mol. The first-order valence-corrected chi connectivity index (χ1v) is 10.5. The molecule has 1 amide bonds. The number of thiazole rings is 1. The van der Waals surface area contributed by atoms with Crippen molar-refractivity contribution in [2.24, 2.45) is 0 Å². The number of aromatic nitrogens is 1. The lowest BCUT2D eigenvalue weighted by molar-refractivity contribution is -0.159. The fourth-order valence-corrected chi connectivity index (χ4v) is 5.12. The molecule has 1 aromatic rings. The first-order chi connectivity index (χ1) is 11.2. The molecule has 0 saturated carbocycles. The topological polar surface area (TPSA) is 93.6 Å². The lowest BCUT2D eigenvalue weighted by Gasteiger charge is -2.29. The van der Waals surface area contributed by atoms with Crippen LogP contribution in [0, 0.1) is 6.92 Å². The van der Waals surface area contributed by atoms with Crippen LogP contribution < -0.4 is 0 Å². The van der Waals surface area contributed by atoms with Gasteiger partial charge in [0.15, 0.2) is 15.9 Å². The predicted molar refractivity (Wildman–Crippen MR) is 90.6 cm³/mol. The number of nitrogens with zero attached hydrogens (tertiary/aromatic N) is 2. The minimum atomic E-state index is -3.08. The van der Waals surface area contributed by atoms with Crippen LogP contribution in [0.4, 0.5) is 0 Å². The van der Waals surface area contributed by atoms with Crippen molar-refractivity contribution in [1.29, 1.82) is 0 Å². The molecule has 2 unspecified atom stereocenters. The fraction of sp³-hybridized carbons (Fsp3) is 0.667. The van der Waals surface area contributed by atoms with Crippen molar-refractivity contribution < 1.29 is 22.7 Å². The number of sulfone groups is 1. The van der Waals surface area contributed by atoms with Gasteiger partial charge in [0.25, 0.3) is 5.91 Å². The van der Waals surface area contributed by atoms with Gasteiger partial charge in [-0.2, -0.15) is 0 Å². The van der Waals surface area contributed by atoms with Crippen molar-refractivity contribution in [1.82, 2.24) is 9.88 Å². The Balaban J connectivity index is 1.93. The number of hydrogen-bond acceptors (Lipinski definition) is 7. The highest BCUT2D eigenvalue weighted by molar-refractivity contribution is 7.91. The summed E-state index contributed by atoms with van der Waals surface area (Å²) >= 11 is 1.45. The number of esters is 1. The Morgan fingerprint density at radius 3 is 2.71 bits per heavy atom. The Labute approximate surface area is 145 Å². The highest BCUT2D eigenvalue weighted by atomic mass is 32.2. The summed E-state index contributed by atoms with van der Waals surface area (Å²) in [5, 5.41) is 2.65. The summed E-state index contributed by atoms with van der Waals surface area (Å²) in [6.45, 7) is 5.53. The van der Waals surface area contributed by atoms with Gasteiger partial charge >= 0.3 is 5.97 Å². The van der Waals surface area contributed by atoms with Crippen LogP contribution in [-0.2, 0) is 30.6 Å². The summed E-state index contributed by atoms with van der Waals surface area (Å²) in [4.78, 5) is 30.1. The smallest absolute Gasteiger partial charge is 0.312 e. The maximum Gasteiger partial charge on any atom is 0.312 e. The van der Waals surface area contributed by atoms with Crippen molar-refractivity contribution in [3.05, 3.63) is 16.1 Å². The van der Waals surface area contributed by atoms with E-state index in [-0.39, 0.29) is 29.9 Å². The molecule has 1 fully saturated rings. The molecule has 2 atom stereocenters. The molecule has 2 rings (SSSR count). The molecule has 7 nitrogen and oxygen atoms in total. The third-order valence-electron chi connectivity index (χ3n) is 3.92. The Kier molecular flexibility index (Phi) is 5.97. The van der Waals surface area contributed by atoms with Gasteiger partial charge in [0.2, 0.25) is 0 Å². The van der Waals surface area contributed by atoms with Crippen molar-refractivity contribution >= 4 is 33.1 Å². The van der Waals surface area contributed by atoms with E-state index in [4.69, 9.17) is 4.74 Å². The predicted octanol–water partition coefficient (Wildman–Crippen LogP) is 0.961. The standard InChI is InChI=1S/C15H22N2O5S2/c1-4-17(13-5-6-24(20,21)9-13)15(19)10(2)22-14(18)7-12-8-23-11(3)16-12/h8,10,13H,4-7,9H2,1-3H3. The van der Waals surface area contributed by atoms with Crippen molar-refractivity contribution in [2.75, 3.05) is 18.1 Å². The number of ether oxygens (including phenoxy) is 1. The zero-order chi connectivity index (χ0) is 17.9. The second-order valence-corrected chi connectivity index (χ2v) is 9.14. The molecule has 9 heteroatoms. The van der Waals surface area contributed by atoms with E-state index in [1.54, 1.807) is 12.3 Å². The summed E-state index contributed by atoms with van der Waals surface area (Å²) in [5.41, 5.74) is 0.622. The number of aryl methyl sites for hydroxylation is 1. The number of amides is 1. The van der Waals surface area contributed by atoms with Crippen molar-refractivity contribution in [3.63, 3.8) is 0 Å². The maximum atomic E-state index is 12.5. The molecule has 24 heavy (non-hydrogen) atoms. The van der Waals surface area contributed by atoms with Gasteiger partial charge in [0.1, 0.15) is 0 Å². The second-order valence-electron chi connectivity index (χ2n) is 5.85. The van der Waals surface area contributed by atoms with Gasteiger partial charge in [-0.3, -0.25) is 9.59 Å². The lowest BCUT2D eigenvalue weighted by atomic mass is 10.2. The number of rotatable bonds is 6. The molecular weight excluding hydrogens is 352 g/mol. The minimum Gasteiger partial charge on any atom is -0.452 e. The molecule has 1 saturated heterocycles. The van der Waals surface area contributed by atoms with Crippen LogP contribution in [0.15, 0.2) is 5.38 Å². The van der Waals surface area contributed by atoms with E-state index in [1.165, 1.54) is 23.2 Å². The van der Waals surface area contributed by atoms with E-state index in [0.717, 1.165) is 5.01 Å². The summed E-state index contributed by atoms with van der Waals surface area (Å²) in [5.74, 6) is -0.803. The third kappa shape index (κ3) is 4.76. The summed E-state index contributed by atoms with van der Waals surface area (Å²) in [7, 11) is -3.08. The molecule has 1 aliphatic heterocycles. The quantitative estimate of drug-likeness (QED) is 0.689. The molecule has 0 spiro atoms. The average molecular weight is 374 g/mol. The molecule has 134 valence electrons. The molecule has 1 aromatic heterocycles. The number of hydrogen-bond donors (Lipinski definition) is 0. The van der Waals surface area contributed by atoms with Crippen LogP contribution in [0.25, 0.3) is 0 Å². The first kappa shape index (κ1) is 18.9. The summed E-state index contributed by atoms with van der Waals surface area (Å²) in [6.07, 6.45) is -0.493. The summed E-state index contributed by atoms with van der Waals surface area (Å²) < 4.78 is 28.4. The first-order valence-electron chi connectivity index (χ1n) is 7.83. The van der Waals surface area contributed by atoms with Gasteiger partial charge in [-0.05, 0) is 27.2 Å². The lowest BCUT2D eigenvalue weighted by Crippen LogP contribution is -2.46. The van der Waals surface area contributed by atoms with Crippen LogP contribution in [0.2, 0.25) is 0 Å². The van der Waals surface area contributed by atoms with Gasteiger partial charge in [-0.25, -0.2) is 13.4 Å². The van der Waals surface area contributed by atoms with Gasteiger partial charge in [-0.15, -0.1) is 11.3 Å². The second kappa shape index (κ2) is 7.60. The van der Waals surface area contributed by atoms with Gasteiger partial charge < -0.3 is 9.64 Å². The third-order valence-corrected chi connectivity index (χ3v) is 6.49. The molecule has 0 aromatic carbocycles. The summed E-state index contributed by atoms with van der Waals surface area (Å²) in [6, 6.07) is -0.338. The van der Waals surface area contributed by atoms with E-state index in [9.17, 15) is 18.0 Å². The Morgan fingerprint density at radius 2 is 2.21 bits per heavy atom. The Morgan fingerprint density at radius 1 is 1.50 bits per heavy atom. The fourth-order valence-electron chi connectivity index (χ4n) is 2.78. The van der Waals surface area contributed by atoms with E-state index < -0.39 is 21.9 Å². The molecule has 1 aliphatic rings. The zero-order valence-corrected chi connectivity index (χ0v) is 15.7. The van der Waals surface area contributed by atoms with Gasteiger partial charge in [-0.1, -0.05) is 0 Å². The average Bonchev–Trinajstić information content (AvgIpc) is 3.05. The van der Waals surface area contributed by atoms with E-state index in [1.807, 2.05) is 6.92 Å². The molecule has 0 radical (unpaired) electrons. The van der Waals surface area contributed by atoms with Crippen LogP contribution in [0.3, 0.4) is 0 Å². The van der Waals surface area contributed by atoms with Crippen LogP contribution in [0.5, 0.6) is 0 Å².